The molecule has 0 bridgehead atoms. The maximum atomic E-state index is 12.3. The highest BCUT2D eigenvalue weighted by atomic mass is 32.2. The summed E-state index contributed by atoms with van der Waals surface area (Å²) in [6.45, 7) is 1.95. The first kappa shape index (κ1) is 19.0. The van der Waals surface area contributed by atoms with Crippen LogP contribution in [0.15, 0.2) is 41.3 Å². The topological polar surface area (TPSA) is 125 Å². The first-order valence-corrected chi connectivity index (χ1v) is 9.86. The number of nitrogens with zero attached hydrogens (tertiary/aromatic N) is 1. The van der Waals surface area contributed by atoms with E-state index in [0.717, 1.165) is 12.8 Å². The molecule has 3 rings (SSSR count). The highest BCUT2D eigenvalue weighted by Crippen LogP contribution is 2.28. The molecule has 0 atom stereocenters. The first-order chi connectivity index (χ1) is 12.8. The number of anilines is 1. The van der Waals surface area contributed by atoms with Gasteiger partial charge in [0.2, 0.25) is 10.0 Å². The van der Waals surface area contributed by atoms with E-state index < -0.39 is 21.9 Å². The molecule has 2 aromatic rings. The summed E-state index contributed by atoms with van der Waals surface area (Å²) in [5.74, 6) is -1.20. The Balaban J connectivity index is 1.68. The number of pyridine rings is 1. The lowest BCUT2D eigenvalue weighted by atomic mass is 10.2. The number of hydrogen-bond acceptors (Lipinski definition) is 5. The number of amides is 1. The molecular weight excluding hydrogens is 370 g/mol. The standard InChI is InChI=1S/C18H19N3O5S/c1-11-15(18(23)24)8-9-16(20-11)17(22)21-13-4-6-14(7-5-13)27(25,26)19-10-12-2-3-12/h4-9,12,19H,2-3,10H2,1H3,(H,21,22)(H,23,24). The van der Waals surface area contributed by atoms with Crippen LogP contribution >= 0.6 is 0 Å². The molecule has 1 heterocycles. The average Bonchev–Trinajstić information content (AvgIpc) is 3.44. The number of nitrogens with one attached hydrogen (secondary N) is 2. The SMILES string of the molecule is Cc1nc(C(=O)Nc2ccc(S(=O)(=O)NCC3CC3)cc2)ccc1C(=O)O. The van der Waals surface area contributed by atoms with E-state index >= 15 is 0 Å². The summed E-state index contributed by atoms with van der Waals surface area (Å²) in [6.07, 6.45) is 2.10. The molecule has 0 unspecified atom stereocenters. The molecular formula is C18H19N3O5S. The van der Waals surface area contributed by atoms with Gasteiger partial charge in [0.25, 0.3) is 5.91 Å². The molecule has 1 saturated carbocycles. The molecule has 0 aliphatic heterocycles. The number of carbonyl (C=O) groups is 2. The summed E-state index contributed by atoms with van der Waals surface area (Å²) in [5.41, 5.74) is 0.737. The highest BCUT2D eigenvalue weighted by molar-refractivity contribution is 7.89. The molecule has 0 saturated heterocycles. The van der Waals surface area contributed by atoms with E-state index in [2.05, 4.69) is 15.0 Å². The number of aromatic carboxylic acids is 1. The third-order valence-corrected chi connectivity index (χ3v) is 5.67. The minimum atomic E-state index is -3.56. The molecule has 8 nitrogen and oxygen atoms in total. The second-order valence-corrected chi connectivity index (χ2v) is 8.18. The Morgan fingerprint density at radius 3 is 2.37 bits per heavy atom. The van der Waals surface area contributed by atoms with Gasteiger partial charge in [0, 0.05) is 12.2 Å². The summed E-state index contributed by atoms with van der Waals surface area (Å²) in [4.78, 5) is 27.4. The summed E-state index contributed by atoms with van der Waals surface area (Å²) >= 11 is 0. The van der Waals surface area contributed by atoms with E-state index in [4.69, 9.17) is 5.11 Å². The second kappa shape index (κ2) is 7.45. The molecule has 1 aromatic carbocycles. The van der Waals surface area contributed by atoms with Gasteiger partial charge in [0.15, 0.2) is 0 Å². The fourth-order valence-corrected chi connectivity index (χ4v) is 3.58. The number of carbonyl (C=O) groups excluding carboxylic acids is 1. The molecule has 1 aromatic heterocycles. The Hall–Kier alpha value is -2.78. The fourth-order valence-electron chi connectivity index (χ4n) is 2.46. The van der Waals surface area contributed by atoms with E-state index in [1.165, 1.54) is 43.3 Å². The van der Waals surface area contributed by atoms with Crippen molar-refractivity contribution in [3.63, 3.8) is 0 Å². The van der Waals surface area contributed by atoms with Crippen LogP contribution < -0.4 is 10.0 Å². The Morgan fingerprint density at radius 2 is 1.81 bits per heavy atom. The zero-order valence-corrected chi connectivity index (χ0v) is 15.4. The second-order valence-electron chi connectivity index (χ2n) is 6.41. The maximum absolute atomic E-state index is 12.3. The van der Waals surface area contributed by atoms with Crippen LogP contribution in [0.4, 0.5) is 5.69 Å². The van der Waals surface area contributed by atoms with Crippen molar-refractivity contribution in [2.45, 2.75) is 24.7 Å². The Kier molecular flexibility index (Phi) is 5.24. The van der Waals surface area contributed by atoms with Gasteiger partial charge in [-0.1, -0.05) is 0 Å². The van der Waals surface area contributed by atoms with Crippen LogP contribution in [0.3, 0.4) is 0 Å². The van der Waals surface area contributed by atoms with Crippen molar-refractivity contribution >= 4 is 27.6 Å². The van der Waals surface area contributed by atoms with Crippen molar-refractivity contribution in [1.82, 2.24) is 9.71 Å². The lowest BCUT2D eigenvalue weighted by Gasteiger charge is -2.09. The smallest absolute Gasteiger partial charge is 0.337 e. The molecule has 9 heteroatoms. The van der Waals surface area contributed by atoms with Gasteiger partial charge in [-0.2, -0.15) is 0 Å². The van der Waals surface area contributed by atoms with Gasteiger partial charge >= 0.3 is 5.97 Å². The van der Waals surface area contributed by atoms with Crippen LogP contribution in [0, 0.1) is 12.8 Å². The number of aromatic nitrogens is 1. The zero-order valence-electron chi connectivity index (χ0n) is 14.6. The van der Waals surface area contributed by atoms with E-state index in [1.54, 1.807) is 0 Å². The molecule has 27 heavy (non-hydrogen) atoms. The highest BCUT2D eigenvalue weighted by Gasteiger charge is 2.24. The molecule has 1 fully saturated rings. The number of aryl methyl sites for hydroxylation is 1. The third kappa shape index (κ3) is 4.69. The van der Waals surface area contributed by atoms with E-state index in [1.807, 2.05) is 0 Å². The van der Waals surface area contributed by atoms with Crippen LogP contribution in [-0.4, -0.2) is 36.9 Å². The van der Waals surface area contributed by atoms with Crippen molar-refractivity contribution in [1.29, 1.82) is 0 Å². The lowest BCUT2D eigenvalue weighted by molar-refractivity contribution is 0.0695. The van der Waals surface area contributed by atoms with Gasteiger partial charge in [-0.15, -0.1) is 0 Å². The van der Waals surface area contributed by atoms with Crippen molar-refractivity contribution < 1.29 is 23.1 Å². The molecule has 3 N–H and O–H groups in total. The van der Waals surface area contributed by atoms with Crippen LogP contribution in [-0.2, 0) is 10.0 Å². The van der Waals surface area contributed by atoms with Gasteiger partial charge in [-0.05, 0) is 62.1 Å². The van der Waals surface area contributed by atoms with Gasteiger partial charge < -0.3 is 10.4 Å². The van der Waals surface area contributed by atoms with Gasteiger partial charge in [-0.3, -0.25) is 4.79 Å². The molecule has 0 spiro atoms. The summed E-state index contributed by atoms with van der Waals surface area (Å²) in [7, 11) is -3.56. The largest absolute Gasteiger partial charge is 0.478 e. The predicted octanol–water partition coefficient (Wildman–Crippen LogP) is 2.03. The number of rotatable bonds is 7. The summed E-state index contributed by atoms with van der Waals surface area (Å²) in [6, 6.07) is 8.45. The van der Waals surface area contributed by atoms with E-state index in [-0.39, 0.29) is 21.8 Å². The van der Waals surface area contributed by atoms with Crippen molar-refractivity contribution in [3.8, 4) is 0 Å². The van der Waals surface area contributed by atoms with Gasteiger partial charge in [0.05, 0.1) is 16.2 Å². The molecule has 142 valence electrons. The number of sulfonamides is 1. The number of carboxylic acids is 1. The zero-order chi connectivity index (χ0) is 19.6. The lowest BCUT2D eigenvalue weighted by Crippen LogP contribution is -2.25. The van der Waals surface area contributed by atoms with Crippen LogP contribution in [0.5, 0.6) is 0 Å². The monoisotopic (exact) mass is 389 g/mol. The van der Waals surface area contributed by atoms with Crippen LogP contribution in [0.1, 0.15) is 39.4 Å². The van der Waals surface area contributed by atoms with Gasteiger partial charge in [0.1, 0.15) is 5.69 Å². The predicted molar refractivity (Wildman–Crippen MR) is 98.2 cm³/mol. The molecule has 1 amide bonds. The van der Waals surface area contributed by atoms with E-state index in [0.29, 0.717) is 18.2 Å². The fraction of sp³-hybridized carbons (Fsp3) is 0.278. The molecule has 0 radical (unpaired) electrons. The van der Waals surface area contributed by atoms with Crippen molar-refractivity contribution in [2.75, 3.05) is 11.9 Å². The Morgan fingerprint density at radius 1 is 1.15 bits per heavy atom. The van der Waals surface area contributed by atoms with Crippen LogP contribution in [0.2, 0.25) is 0 Å². The normalized spacial score (nSPS) is 14.0. The number of hydrogen-bond donors (Lipinski definition) is 3. The maximum Gasteiger partial charge on any atom is 0.337 e. The molecule has 1 aliphatic rings. The average molecular weight is 389 g/mol. The van der Waals surface area contributed by atoms with Crippen molar-refractivity contribution in [2.24, 2.45) is 5.92 Å². The Bertz CT molecular complexity index is 983. The van der Waals surface area contributed by atoms with Crippen LogP contribution in [0.25, 0.3) is 0 Å². The first-order valence-electron chi connectivity index (χ1n) is 8.38. The number of benzene rings is 1. The summed E-state index contributed by atoms with van der Waals surface area (Å²) in [5, 5.41) is 11.6. The molecule has 1 aliphatic carbocycles. The Labute approximate surface area is 156 Å². The van der Waals surface area contributed by atoms with E-state index in [9.17, 15) is 18.0 Å². The minimum Gasteiger partial charge on any atom is -0.478 e. The quantitative estimate of drug-likeness (QED) is 0.665. The van der Waals surface area contributed by atoms with Crippen molar-refractivity contribution in [3.05, 3.63) is 53.3 Å². The van der Waals surface area contributed by atoms with Gasteiger partial charge in [-0.25, -0.2) is 22.9 Å². The minimum absolute atomic E-state index is 0.0276. The summed E-state index contributed by atoms with van der Waals surface area (Å²) < 4.78 is 26.9. The number of carboxylic acid groups (broad SMARTS) is 1. The third-order valence-electron chi connectivity index (χ3n) is 4.23.